The number of likely N-dealkylation sites (tertiary alicyclic amines) is 1. The summed E-state index contributed by atoms with van der Waals surface area (Å²) in [6, 6.07) is 12.6. The number of carbonyl (C=O) groups is 1. The molecule has 3 aromatic rings. The molecule has 1 aliphatic rings. The van der Waals surface area contributed by atoms with Crippen LogP contribution in [0.5, 0.6) is 17.5 Å². The van der Waals surface area contributed by atoms with E-state index in [1.807, 2.05) is 12.1 Å². The number of rotatable bonds is 5. The van der Waals surface area contributed by atoms with E-state index in [4.69, 9.17) is 9.47 Å². The first-order chi connectivity index (χ1) is 16.8. The van der Waals surface area contributed by atoms with Gasteiger partial charge < -0.3 is 19.7 Å². The molecule has 0 atom stereocenters. The summed E-state index contributed by atoms with van der Waals surface area (Å²) in [5.41, 5.74) is 1.75. The van der Waals surface area contributed by atoms with Crippen LogP contribution < -0.4 is 14.8 Å². The number of pyridine rings is 2. The maximum Gasteiger partial charge on any atom is 0.417 e. The molecule has 1 fully saturated rings. The number of urea groups is 1. The smallest absolute Gasteiger partial charge is 0.417 e. The largest absolute Gasteiger partial charge is 0.480 e. The van der Waals surface area contributed by atoms with Crippen LogP contribution in [0.2, 0.25) is 0 Å². The number of nitrogens with zero attached hydrogens (tertiary/aromatic N) is 3. The van der Waals surface area contributed by atoms with Crippen molar-refractivity contribution in [3.63, 3.8) is 0 Å². The van der Waals surface area contributed by atoms with Gasteiger partial charge in [-0.05, 0) is 48.7 Å². The van der Waals surface area contributed by atoms with Gasteiger partial charge in [-0.3, -0.25) is 0 Å². The van der Waals surface area contributed by atoms with E-state index in [2.05, 4.69) is 15.3 Å². The maximum absolute atomic E-state index is 12.7. The Balaban J connectivity index is 1.35. The van der Waals surface area contributed by atoms with E-state index in [-0.39, 0.29) is 11.9 Å². The lowest BCUT2D eigenvalue weighted by atomic mass is 10.0. The molecule has 1 aromatic carbocycles. The van der Waals surface area contributed by atoms with Crippen molar-refractivity contribution in [2.75, 3.05) is 25.5 Å². The van der Waals surface area contributed by atoms with Crippen molar-refractivity contribution in [3.8, 4) is 17.5 Å². The fourth-order valence-electron chi connectivity index (χ4n) is 3.62. The lowest BCUT2D eigenvalue weighted by molar-refractivity contribution is -0.137. The van der Waals surface area contributed by atoms with Gasteiger partial charge in [-0.15, -0.1) is 0 Å². The number of alkyl halides is 3. The van der Waals surface area contributed by atoms with Gasteiger partial charge in [0.1, 0.15) is 11.4 Å². The van der Waals surface area contributed by atoms with E-state index in [9.17, 15) is 18.0 Å². The van der Waals surface area contributed by atoms with Crippen LogP contribution in [0.1, 0.15) is 24.0 Å². The molecular formula is C25H23F3N4O3. The summed E-state index contributed by atoms with van der Waals surface area (Å²) in [6.07, 6.45) is 1.35. The Kier molecular flexibility index (Phi) is 7.19. The lowest BCUT2D eigenvalue weighted by Gasteiger charge is -2.28. The molecule has 182 valence electrons. The fraction of sp³-hybridized carbons (Fsp3) is 0.240. The van der Waals surface area contributed by atoms with Gasteiger partial charge in [-0.2, -0.15) is 13.2 Å². The number of aromatic nitrogens is 2. The number of piperidine rings is 1. The summed E-state index contributed by atoms with van der Waals surface area (Å²) >= 11 is 0. The molecule has 10 heteroatoms. The molecular weight excluding hydrogens is 461 g/mol. The van der Waals surface area contributed by atoms with Gasteiger partial charge in [-0.1, -0.05) is 23.8 Å². The van der Waals surface area contributed by atoms with Crippen LogP contribution in [-0.4, -0.2) is 41.1 Å². The van der Waals surface area contributed by atoms with Crippen LogP contribution in [0.3, 0.4) is 0 Å². The molecule has 3 heterocycles. The molecule has 0 unspecified atom stereocenters. The molecule has 35 heavy (non-hydrogen) atoms. The van der Waals surface area contributed by atoms with E-state index in [0.717, 1.165) is 17.8 Å². The molecule has 0 aliphatic carbocycles. The summed E-state index contributed by atoms with van der Waals surface area (Å²) < 4.78 is 48.9. The quantitative estimate of drug-likeness (QED) is 0.480. The number of hydrogen-bond acceptors (Lipinski definition) is 5. The first-order valence-corrected chi connectivity index (χ1v) is 10.9. The standard InChI is InChI=1S/C25H23F3N4O3/c1-34-23-21(6-3-11-29-23)31-24(33)32-12-9-17(10-13-32)14-18-4-2-5-20(15-18)35-22-8-7-19(16-30-22)25(26,27)28/h2-8,11,14-16H,9-10,12-13H2,1H3,(H,31,33). The zero-order valence-electron chi connectivity index (χ0n) is 18.9. The molecule has 0 bridgehead atoms. The van der Waals surface area contributed by atoms with Gasteiger partial charge in [0.2, 0.25) is 11.8 Å². The number of hydrogen-bond donors (Lipinski definition) is 1. The average Bonchev–Trinajstić information content (AvgIpc) is 2.85. The monoisotopic (exact) mass is 484 g/mol. The minimum Gasteiger partial charge on any atom is -0.480 e. The SMILES string of the molecule is COc1ncccc1NC(=O)N1CCC(=Cc2cccc(Oc3ccc(C(F)(F)F)cn3)c2)CC1. The Bertz CT molecular complexity index is 1200. The number of methoxy groups -OCH3 is 1. The summed E-state index contributed by atoms with van der Waals surface area (Å²) in [7, 11) is 1.50. The van der Waals surface area contributed by atoms with Gasteiger partial charge in [0.25, 0.3) is 0 Å². The zero-order valence-corrected chi connectivity index (χ0v) is 18.9. The molecule has 0 spiro atoms. The van der Waals surface area contributed by atoms with Crippen molar-refractivity contribution in [2.45, 2.75) is 19.0 Å². The first kappa shape index (κ1) is 24.1. The summed E-state index contributed by atoms with van der Waals surface area (Å²) in [4.78, 5) is 22.2. The van der Waals surface area contributed by atoms with Crippen LogP contribution in [-0.2, 0) is 6.18 Å². The molecule has 0 radical (unpaired) electrons. The zero-order chi connectivity index (χ0) is 24.8. The Hall–Kier alpha value is -4.08. The predicted molar refractivity (Wildman–Crippen MR) is 124 cm³/mol. The Labute approximate surface area is 200 Å². The third-order valence-electron chi connectivity index (χ3n) is 5.41. The van der Waals surface area contributed by atoms with Crippen molar-refractivity contribution in [1.29, 1.82) is 0 Å². The van der Waals surface area contributed by atoms with Gasteiger partial charge in [-0.25, -0.2) is 14.8 Å². The van der Waals surface area contributed by atoms with E-state index in [1.165, 1.54) is 18.7 Å². The number of nitrogens with one attached hydrogen (secondary N) is 1. The van der Waals surface area contributed by atoms with Crippen molar-refractivity contribution in [1.82, 2.24) is 14.9 Å². The van der Waals surface area contributed by atoms with E-state index in [1.54, 1.807) is 41.4 Å². The Morgan fingerprint density at radius 1 is 1.09 bits per heavy atom. The van der Waals surface area contributed by atoms with Crippen molar-refractivity contribution < 1.29 is 27.4 Å². The minimum absolute atomic E-state index is 0.0763. The Morgan fingerprint density at radius 2 is 1.89 bits per heavy atom. The first-order valence-electron chi connectivity index (χ1n) is 10.9. The van der Waals surface area contributed by atoms with Crippen LogP contribution in [0.15, 0.2) is 66.5 Å². The molecule has 1 saturated heterocycles. The minimum atomic E-state index is -4.44. The second-order valence-corrected chi connectivity index (χ2v) is 7.84. The van der Waals surface area contributed by atoms with Crippen molar-refractivity contribution >= 4 is 17.8 Å². The highest BCUT2D eigenvalue weighted by atomic mass is 19.4. The summed E-state index contributed by atoms with van der Waals surface area (Å²) in [5.74, 6) is 0.897. The molecule has 2 aromatic heterocycles. The molecule has 7 nitrogen and oxygen atoms in total. The highest BCUT2D eigenvalue weighted by Crippen LogP contribution is 2.30. The van der Waals surface area contributed by atoms with Gasteiger partial charge in [0.05, 0.1) is 12.7 Å². The van der Waals surface area contributed by atoms with Crippen LogP contribution in [0.25, 0.3) is 6.08 Å². The van der Waals surface area contributed by atoms with Gasteiger partial charge in [0.15, 0.2) is 0 Å². The number of halogens is 3. The predicted octanol–water partition coefficient (Wildman–Crippen LogP) is 6.01. The number of carbonyl (C=O) groups excluding carboxylic acids is 1. The fourth-order valence-corrected chi connectivity index (χ4v) is 3.62. The van der Waals surface area contributed by atoms with E-state index in [0.29, 0.717) is 43.2 Å². The number of amides is 2. The molecule has 2 amide bonds. The number of anilines is 1. The highest BCUT2D eigenvalue weighted by Gasteiger charge is 2.30. The number of ether oxygens (including phenoxy) is 2. The van der Waals surface area contributed by atoms with Crippen LogP contribution >= 0.6 is 0 Å². The lowest BCUT2D eigenvalue weighted by Crippen LogP contribution is -2.39. The highest BCUT2D eigenvalue weighted by molar-refractivity contribution is 5.90. The maximum atomic E-state index is 12.7. The van der Waals surface area contributed by atoms with Crippen LogP contribution in [0, 0.1) is 0 Å². The average molecular weight is 484 g/mol. The van der Waals surface area contributed by atoms with Crippen molar-refractivity contribution in [3.05, 3.63) is 77.6 Å². The van der Waals surface area contributed by atoms with Crippen LogP contribution in [0.4, 0.5) is 23.7 Å². The summed E-state index contributed by atoms with van der Waals surface area (Å²) in [5, 5.41) is 2.83. The molecule has 0 saturated carbocycles. The van der Waals surface area contributed by atoms with Gasteiger partial charge >= 0.3 is 12.2 Å². The topological polar surface area (TPSA) is 76.6 Å². The van der Waals surface area contributed by atoms with E-state index < -0.39 is 11.7 Å². The second kappa shape index (κ2) is 10.5. The van der Waals surface area contributed by atoms with Crippen molar-refractivity contribution in [2.24, 2.45) is 0 Å². The third-order valence-corrected chi connectivity index (χ3v) is 5.41. The second-order valence-electron chi connectivity index (χ2n) is 7.84. The summed E-state index contributed by atoms with van der Waals surface area (Å²) in [6.45, 7) is 1.12. The molecule has 1 aliphatic heterocycles. The van der Waals surface area contributed by atoms with Gasteiger partial charge in [0, 0.05) is 31.5 Å². The molecule has 1 N–H and O–H groups in total. The normalized spacial score (nSPS) is 13.8. The molecule has 4 rings (SSSR count). The third kappa shape index (κ3) is 6.28. The van der Waals surface area contributed by atoms with E-state index >= 15 is 0 Å². The number of benzene rings is 1. The Morgan fingerprint density at radius 3 is 2.57 bits per heavy atom.